The van der Waals surface area contributed by atoms with E-state index >= 15 is 0 Å². The predicted molar refractivity (Wildman–Crippen MR) is 75.1 cm³/mol. The summed E-state index contributed by atoms with van der Waals surface area (Å²) in [5, 5.41) is 16.3. The number of nitrogens with zero attached hydrogens (tertiary/aromatic N) is 3. The molecule has 0 atom stereocenters. The van der Waals surface area contributed by atoms with Crippen molar-refractivity contribution in [2.24, 2.45) is 0 Å². The van der Waals surface area contributed by atoms with Crippen molar-refractivity contribution in [3.05, 3.63) is 46.2 Å². The smallest absolute Gasteiger partial charge is 0.300 e. The number of pyridine rings is 1. The molecule has 2 rings (SSSR count). The molecule has 0 bridgehead atoms. The molecule has 3 N–H and O–H groups in total. The highest BCUT2D eigenvalue weighted by Crippen LogP contribution is 2.19. The quantitative estimate of drug-likeness (QED) is 0.531. The number of aromatic amines is 1. The number of anilines is 1. The van der Waals surface area contributed by atoms with Crippen LogP contribution in [0.25, 0.3) is 0 Å². The van der Waals surface area contributed by atoms with Crippen LogP contribution < -0.4 is 10.6 Å². The molecule has 0 aliphatic carbocycles. The first-order chi connectivity index (χ1) is 10.1. The number of amides is 1. The zero-order valence-corrected chi connectivity index (χ0v) is 11.3. The lowest BCUT2D eigenvalue weighted by molar-refractivity contribution is -0.385. The minimum absolute atomic E-state index is 0.0289. The fraction of sp³-hybridized carbons (Fsp3) is 0.250. The Balaban J connectivity index is 2.08. The number of rotatable bonds is 6. The third-order valence-electron chi connectivity index (χ3n) is 2.78. The number of carbonyl (C=O) groups excluding carboxylic acids is 1. The average Bonchev–Trinajstić information content (AvgIpc) is 2.99. The van der Waals surface area contributed by atoms with Gasteiger partial charge in [0.2, 0.25) is 0 Å². The standard InChI is InChI=1S/C12H14N6O3/c1-13-11-6-8(9(7-17-11)18(20)21)12(19)16-3-2-10-14-4-5-15-10/h4-7H,2-3H2,1H3,(H,13,17)(H,14,15)(H,16,19). The fourth-order valence-corrected chi connectivity index (χ4v) is 1.74. The van der Waals surface area contributed by atoms with Crippen molar-refractivity contribution in [1.82, 2.24) is 20.3 Å². The highest BCUT2D eigenvalue weighted by atomic mass is 16.6. The van der Waals surface area contributed by atoms with E-state index in [9.17, 15) is 14.9 Å². The second kappa shape index (κ2) is 6.46. The van der Waals surface area contributed by atoms with E-state index in [0.29, 0.717) is 18.8 Å². The van der Waals surface area contributed by atoms with Crippen LogP contribution in [0, 0.1) is 10.1 Å². The van der Waals surface area contributed by atoms with Crippen LogP contribution in [-0.2, 0) is 6.42 Å². The zero-order valence-electron chi connectivity index (χ0n) is 11.3. The van der Waals surface area contributed by atoms with Gasteiger partial charge in [0.15, 0.2) is 0 Å². The molecule has 0 radical (unpaired) electrons. The summed E-state index contributed by atoms with van der Waals surface area (Å²) in [4.78, 5) is 33.1. The molecular formula is C12H14N6O3. The summed E-state index contributed by atoms with van der Waals surface area (Å²) in [7, 11) is 1.62. The number of hydrogen-bond acceptors (Lipinski definition) is 6. The molecule has 2 heterocycles. The molecule has 110 valence electrons. The average molecular weight is 290 g/mol. The highest BCUT2D eigenvalue weighted by Gasteiger charge is 2.21. The van der Waals surface area contributed by atoms with Gasteiger partial charge in [-0.15, -0.1) is 0 Å². The van der Waals surface area contributed by atoms with Crippen molar-refractivity contribution in [2.75, 3.05) is 18.9 Å². The van der Waals surface area contributed by atoms with Crippen LogP contribution in [-0.4, -0.2) is 39.4 Å². The molecule has 1 amide bonds. The van der Waals surface area contributed by atoms with Gasteiger partial charge in [0.05, 0.1) is 4.92 Å². The molecule has 0 aromatic carbocycles. The minimum Gasteiger partial charge on any atom is -0.373 e. The van der Waals surface area contributed by atoms with Gasteiger partial charge in [-0.2, -0.15) is 0 Å². The lowest BCUT2D eigenvalue weighted by Gasteiger charge is -2.06. The number of aromatic nitrogens is 3. The Kier molecular flexibility index (Phi) is 4.44. The number of carbonyl (C=O) groups is 1. The summed E-state index contributed by atoms with van der Waals surface area (Å²) >= 11 is 0. The Bertz CT molecular complexity index is 640. The third kappa shape index (κ3) is 3.53. The van der Waals surface area contributed by atoms with Gasteiger partial charge in [0.1, 0.15) is 23.4 Å². The van der Waals surface area contributed by atoms with Gasteiger partial charge in [-0.25, -0.2) is 9.97 Å². The minimum atomic E-state index is -0.631. The second-order valence-electron chi connectivity index (χ2n) is 4.14. The molecule has 21 heavy (non-hydrogen) atoms. The van der Waals surface area contributed by atoms with Crippen molar-refractivity contribution in [3.63, 3.8) is 0 Å². The molecule has 9 heteroatoms. The van der Waals surface area contributed by atoms with Gasteiger partial charge < -0.3 is 15.6 Å². The second-order valence-corrected chi connectivity index (χ2v) is 4.14. The van der Waals surface area contributed by atoms with E-state index in [1.54, 1.807) is 19.4 Å². The zero-order chi connectivity index (χ0) is 15.2. The van der Waals surface area contributed by atoms with E-state index in [1.165, 1.54) is 6.07 Å². The molecule has 2 aromatic rings. The van der Waals surface area contributed by atoms with Crippen LogP contribution in [0.3, 0.4) is 0 Å². The number of imidazole rings is 1. The lowest BCUT2D eigenvalue weighted by atomic mass is 10.2. The maximum Gasteiger partial charge on any atom is 0.300 e. The number of nitrogens with one attached hydrogen (secondary N) is 3. The van der Waals surface area contributed by atoms with E-state index in [1.807, 2.05) is 0 Å². The fourth-order valence-electron chi connectivity index (χ4n) is 1.74. The largest absolute Gasteiger partial charge is 0.373 e. The summed E-state index contributed by atoms with van der Waals surface area (Å²) in [5.41, 5.74) is -0.358. The Labute approximate surface area is 120 Å². The number of nitro groups is 1. The third-order valence-corrected chi connectivity index (χ3v) is 2.78. The summed E-state index contributed by atoms with van der Waals surface area (Å²) < 4.78 is 0. The van der Waals surface area contributed by atoms with Crippen molar-refractivity contribution >= 4 is 17.4 Å². The monoisotopic (exact) mass is 290 g/mol. The molecule has 2 aromatic heterocycles. The van der Waals surface area contributed by atoms with E-state index in [4.69, 9.17) is 0 Å². The SMILES string of the molecule is CNc1cc(C(=O)NCCc2ncc[nH]2)c([N+](=O)[O-])cn1. The topological polar surface area (TPSA) is 126 Å². The molecule has 0 saturated heterocycles. The van der Waals surface area contributed by atoms with Gasteiger partial charge in [-0.3, -0.25) is 14.9 Å². The summed E-state index contributed by atoms with van der Waals surface area (Å²) in [6, 6.07) is 1.35. The molecule has 0 saturated carbocycles. The molecule has 0 spiro atoms. The van der Waals surface area contributed by atoms with Crippen LogP contribution >= 0.6 is 0 Å². The predicted octanol–water partition coefficient (Wildman–Crippen LogP) is 0.727. The summed E-state index contributed by atoms with van der Waals surface area (Å²) in [5.74, 6) is 0.597. The lowest BCUT2D eigenvalue weighted by Crippen LogP contribution is -2.26. The Morgan fingerprint density at radius 3 is 2.90 bits per heavy atom. The molecule has 0 unspecified atom stereocenters. The summed E-state index contributed by atoms with van der Waals surface area (Å²) in [6.45, 7) is 0.320. The first-order valence-corrected chi connectivity index (χ1v) is 6.20. The van der Waals surface area contributed by atoms with Crippen LogP contribution in [0.5, 0.6) is 0 Å². The highest BCUT2D eigenvalue weighted by molar-refractivity contribution is 5.98. The van der Waals surface area contributed by atoms with Gasteiger partial charge in [-0.05, 0) is 0 Å². The maximum absolute atomic E-state index is 12.1. The molecule has 0 aliphatic rings. The van der Waals surface area contributed by atoms with Crippen LogP contribution in [0.4, 0.5) is 11.5 Å². The van der Waals surface area contributed by atoms with Gasteiger partial charge >= 0.3 is 0 Å². The van der Waals surface area contributed by atoms with E-state index in [0.717, 1.165) is 12.0 Å². The molecular weight excluding hydrogens is 276 g/mol. The normalized spacial score (nSPS) is 10.1. The van der Waals surface area contributed by atoms with E-state index < -0.39 is 10.8 Å². The van der Waals surface area contributed by atoms with Gasteiger partial charge in [-0.1, -0.05) is 0 Å². The van der Waals surface area contributed by atoms with E-state index in [-0.39, 0.29) is 11.3 Å². The van der Waals surface area contributed by atoms with E-state index in [2.05, 4.69) is 25.6 Å². The Hall–Kier alpha value is -2.97. The molecule has 0 fully saturated rings. The van der Waals surface area contributed by atoms with Crippen molar-refractivity contribution in [2.45, 2.75) is 6.42 Å². The summed E-state index contributed by atoms with van der Waals surface area (Å²) in [6.07, 6.45) is 4.87. The number of hydrogen-bond donors (Lipinski definition) is 3. The Morgan fingerprint density at radius 2 is 2.29 bits per heavy atom. The van der Waals surface area contributed by atoms with Crippen molar-refractivity contribution < 1.29 is 9.72 Å². The van der Waals surface area contributed by atoms with Crippen LogP contribution in [0.2, 0.25) is 0 Å². The van der Waals surface area contributed by atoms with Crippen molar-refractivity contribution in [1.29, 1.82) is 0 Å². The van der Waals surface area contributed by atoms with Gasteiger partial charge in [0, 0.05) is 38.5 Å². The Morgan fingerprint density at radius 1 is 1.48 bits per heavy atom. The number of H-pyrrole nitrogens is 1. The van der Waals surface area contributed by atoms with Crippen LogP contribution in [0.15, 0.2) is 24.7 Å². The van der Waals surface area contributed by atoms with Gasteiger partial charge in [0.25, 0.3) is 11.6 Å². The maximum atomic E-state index is 12.1. The first-order valence-electron chi connectivity index (χ1n) is 6.20. The van der Waals surface area contributed by atoms with Crippen molar-refractivity contribution in [3.8, 4) is 0 Å². The molecule has 9 nitrogen and oxygen atoms in total. The first kappa shape index (κ1) is 14.4. The van der Waals surface area contributed by atoms with Crippen LogP contribution in [0.1, 0.15) is 16.2 Å². The molecule has 0 aliphatic heterocycles.